The number of nitrogens with zero attached hydrogens (tertiary/aromatic N) is 1. The highest BCUT2D eigenvalue weighted by molar-refractivity contribution is 7.98. The van der Waals surface area contributed by atoms with Crippen LogP contribution in [0.5, 0.6) is 0 Å². The molecule has 0 saturated carbocycles. The van der Waals surface area contributed by atoms with Crippen molar-refractivity contribution in [1.82, 2.24) is 5.32 Å². The van der Waals surface area contributed by atoms with Crippen LogP contribution in [0.3, 0.4) is 0 Å². The molecule has 6 heteroatoms. The number of thioether (sulfide) groups is 1. The van der Waals surface area contributed by atoms with Crippen LogP contribution in [-0.4, -0.2) is 49.1 Å². The molecule has 176 valence electrons. The fraction of sp³-hybridized carbons (Fsp3) is 0.462. The number of Topliss-reactive ketones (excluding diaryl/α,β-unsaturated/α-hetero) is 1. The van der Waals surface area contributed by atoms with E-state index in [9.17, 15) is 14.7 Å². The molecule has 0 saturated heterocycles. The lowest BCUT2D eigenvalue weighted by Crippen LogP contribution is -2.32. The van der Waals surface area contributed by atoms with Gasteiger partial charge in [-0.1, -0.05) is 37.3 Å². The number of nitrogens with one attached hydrogen (secondary N) is 1. The second-order valence-corrected chi connectivity index (χ2v) is 8.38. The predicted molar refractivity (Wildman–Crippen MR) is 138 cm³/mol. The Morgan fingerprint density at radius 2 is 2.06 bits per heavy atom. The molecule has 0 heterocycles. The van der Waals surface area contributed by atoms with Crippen molar-refractivity contribution in [3.05, 3.63) is 65.3 Å². The summed E-state index contributed by atoms with van der Waals surface area (Å²) in [7, 11) is 1.85. The van der Waals surface area contributed by atoms with Gasteiger partial charge in [-0.3, -0.25) is 9.69 Å². The number of amides is 1. The first-order chi connectivity index (χ1) is 15.5. The minimum Gasteiger partial charge on any atom is -0.465 e. The van der Waals surface area contributed by atoms with Crippen molar-refractivity contribution in [2.24, 2.45) is 0 Å². The number of aryl methyl sites for hydroxylation is 1. The summed E-state index contributed by atoms with van der Waals surface area (Å²) >= 11 is 1.84. The Bertz CT molecular complexity index is 815. The number of carbonyl (C=O) groups excluding carboxylic acids is 1. The zero-order valence-corrected chi connectivity index (χ0v) is 20.7. The number of rotatable bonds is 9. The van der Waals surface area contributed by atoms with Crippen molar-refractivity contribution < 1.29 is 14.7 Å². The van der Waals surface area contributed by atoms with Crippen LogP contribution in [-0.2, 0) is 6.42 Å². The van der Waals surface area contributed by atoms with Crippen LogP contribution >= 0.6 is 11.8 Å². The number of allylic oxidation sites excluding steroid dienone is 5. The third-order valence-corrected chi connectivity index (χ3v) is 5.56. The topological polar surface area (TPSA) is 69.6 Å². The van der Waals surface area contributed by atoms with Crippen LogP contribution in [0, 0.1) is 0 Å². The Balaban J connectivity index is 0.000000751. The average molecular weight is 459 g/mol. The van der Waals surface area contributed by atoms with Crippen LogP contribution in [0.4, 0.5) is 10.5 Å². The molecule has 2 N–H and O–H groups in total. The molecule has 0 spiro atoms. The second-order valence-electron chi connectivity index (χ2n) is 7.47. The summed E-state index contributed by atoms with van der Waals surface area (Å²) in [4.78, 5) is 25.8. The highest BCUT2D eigenvalue weighted by Gasteiger charge is 2.22. The first-order valence-corrected chi connectivity index (χ1v) is 12.7. The van der Waals surface area contributed by atoms with Gasteiger partial charge in [0.05, 0.1) is 0 Å². The zero-order valence-electron chi connectivity index (χ0n) is 19.9. The molecule has 0 bridgehead atoms. The number of ketones is 1. The summed E-state index contributed by atoms with van der Waals surface area (Å²) in [6, 6.07) is 5.39. The average Bonchev–Trinajstić information content (AvgIpc) is 2.94. The molecule has 1 aliphatic carbocycles. The van der Waals surface area contributed by atoms with E-state index in [1.807, 2.05) is 50.0 Å². The van der Waals surface area contributed by atoms with Gasteiger partial charge in [0.15, 0.2) is 5.78 Å². The van der Waals surface area contributed by atoms with Crippen LogP contribution < -0.4 is 10.2 Å². The number of fused-ring (bicyclic) bond motifs is 1. The maximum absolute atomic E-state index is 12.8. The summed E-state index contributed by atoms with van der Waals surface area (Å²) in [5.41, 5.74) is 3.10. The molecule has 0 aromatic heterocycles. The Morgan fingerprint density at radius 1 is 1.28 bits per heavy atom. The molecule has 5 nitrogen and oxygen atoms in total. The van der Waals surface area contributed by atoms with Gasteiger partial charge in [-0.05, 0) is 82.6 Å². The third kappa shape index (κ3) is 9.45. The smallest absolute Gasteiger partial charge is 0.411 e. The maximum atomic E-state index is 12.8. The first kappa shape index (κ1) is 27.7. The Hall–Kier alpha value is -2.31. The van der Waals surface area contributed by atoms with Gasteiger partial charge in [-0.15, -0.1) is 0 Å². The minimum absolute atomic E-state index is 0.0573. The molecule has 1 aromatic carbocycles. The Kier molecular flexibility index (Phi) is 14.2. The van der Waals surface area contributed by atoms with E-state index in [1.54, 1.807) is 12.1 Å². The van der Waals surface area contributed by atoms with Crippen molar-refractivity contribution >= 4 is 29.3 Å². The van der Waals surface area contributed by atoms with E-state index in [0.29, 0.717) is 17.8 Å². The van der Waals surface area contributed by atoms with Crippen LogP contribution in [0.2, 0.25) is 0 Å². The number of carbonyl (C=O) groups is 2. The molecule has 0 unspecified atom stereocenters. The van der Waals surface area contributed by atoms with Gasteiger partial charge < -0.3 is 10.4 Å². The molecule has 0 radical (unpaired) electrons. The second kappa shape index (κ2) is 16.3. The molecule has 0 fully saturated rings. The first-order valence-electron chi connectivity index (χ1n) is 11.3. The van der Waals surface area contributed by atoms with Crippen molar-refractivity contribution in [3.63, 3.8) is 0 Å². The van der Waals surface area contributed by atoms with Gasteiger partial charge in [-0.25, -0.2) is 4.79 Å². The van der Waals surface area contributed by atoms with Crippen LogP contribution in [0.1, 0.15) is 55.5 Å². The van der Waals surface area contributed by atoms with Crippen molar-refractivity contribution in [2.45, 2.75) is 46.0 Å². The predicted octanol–water partition coefficient (Wildman–Crippen LogP) is 6.12. The van der Waals surface area contributed by atoms with Gasteiger partial charge in [0.2, 0.25) is 0 Å². The summed E-state index contributed by atoms with van der Waals surface area (Å²) in [6.07, 6.45) is 15.3. The normalized spacial score (nSPS) is 14.9. The third-order valence-electron chi connectivity index (χ3n) is 5.04. The Labute approximate surface area is 197 Å². The monoisotopic (exact) mass is 458 g/mol. The maximum Gasteiger partial charge on any atom is 0.411 e. The molecule has 1 aliphatic rings. The van der Waals surface area contributed by atoms with E-state index in [0.717, 1.165) is 55.5 Å². The van der Waals surface area contributed by atoms with Crippen molar-refractivity contribution in [3.8, 4) is 0 Å². The molecule has 1 aromatic rings. The summed E-state index contributed by atoms with van der Waals surface area (Å²) < 4.78 is 0. The number of carboxylic acid groups (broad SMARTS) is 1. The van der Waals surface area contributed by atoms with E-state index in [2.05, 4.69) is 30.6 Å². The highest BCUT2D eigenvalue weighted by Crippen LogP contribution is 2.28. The van der Waals surface area contributed by atoms with Crippen LogP contribution in [0.15, 0.2) is 54.2 Å². The molecule has 0 atom stereocenters. The Morgan fingerprint density at radius 3 is 2.66 bits per heavy atom. The molecular weight excluding hydrogens is 420 g/mol. The van der Waals surface area contributed by atoms with E-state index in [4.69, 9.17) is 0 Å². The molecule has 1 amide bonds. The van der Waals surface area contributed by atoms with E-state index in [-0.39, 0.29) is 5.78 Å². The number of hydrogen-bond acceptors (Lipinski definition) is 4. The fourth-order valence-corrected chi connectivity index (χ4v) is 3.74. The minimum atomic E-state index is -0.966. The molecule has 0 aliphatic heterocycles. The molecular formula is C26H38N2O3S. The van der Waals surface area contributed by atoms with Crippen molar-refractivity contribution in [1.29, 1.82) is 0 Å². The van der Waals surface area contributed by atoms with Gasteiger partial charge in [0.1, 0.15) is 0 Å². The van der Waals surface area contributed by atoms with Gasteiger partial charge in [0.25, 0.3) is 0 Å². The standard InChI is InChI=1S/C21H28N2O3.C5H10S/c1-3-4-5-8-16-9-6-10-17-15-18(11-12-19(17)20(16)24)23(21(25)26)14-7-13-22-2;1-3-4-5-6-2/h4-5,8,11-12,15,22H,3,6-7,9-10,13-14H2,1-2H3,(H,25,26);3-4H,5H2,1-2H3/b5-4+,16-8+;4-3-. The van der Waals surface area contributed by atoms with Gasteiger partial charge >= 0.3 is 6.09 Å². The zero-order chi connectivity index (χ0) is 23.8. The SMILES string of the molecule is C/C=C\CSC.CC/C=C/C=C1\CCCc2cc(N(CCCNC)C(=O)O)ccc2C1=O. The number of hydrogen-bond donors (Lipinski definition) is 2. The number of anilines is 1. The van der Waals surface area contributed by atoms with Crippen LogP contribution in [0.25, 0.3) is 0 Å². The number of benzene rings is 1. The lowest BCUT2D eigenvalue weighted by molar-refractivity contribution is 0.103. The van der Waals surface area contributed by atoms with E-state index in [1.165, 1.54) is 4.90 Å². The lowest BCUT2D eigenvalue weighted by Gasteiger charge is -2.20. The largest absolute Gasteiger partial charge is 0.465 e. The summed E-state index contributed by atoms with van der Waals surface area (Å²) in [6.45, 7) is 5.28. The fourth-order valence-electron chi connectivity index (χ4n) is 3.35. The van der Waals surface area contributed by atoms with E-state index < -0.39 is 6.09 Å². The van der Waals surface area contributed by atoms with Crippen molar-refractivity contribution in [2.75, 3.05) is 37.0 Å². The van der Waals surface area contributed by atoms with E-state index >= 15 is 0 Å². The van der Waals surface area contributed by atoms with Gasteiger partial charge in [0, 0.05) is 29.1 Å². The summed E-state index contributed by atoms with van der Waals surface area (Å²) in [5.74, 6) is 1.21. The highest BCUT2D eigenvalue weighted by atomic mass is 32.2. The molecule has 2 rings (SSSR count). The lowest BCUT2D eigenvalue weighted by atomic mass is 9.99. The molecule has 32 heavy (non-hydrogen) atoms. The quantitative estimate of drug-likeness (QED) is 0.202. The van der Waals surface area contributed by atoms with Gasteiger partial charge in [-0.2, -0.15) is 11.8 Å². The summed E-state index contributed by atoms with van der Waals surface area (Å²) in [5, 5.41) is 12.5.